The van der Waals surface area contributed by atoms with Crippen LogP contribution in [0.4, 0.5) is 4.39 Å². The van der Waals surface area contributed by atoms with Crippen molar-refractivity contribution < 1.29 is 9.13 Å². The average molecular weight is 250 g/mol. The Labute approximate surface area is 109 Å². The minimum Gasteiger partial charge on any atom is -0.378 e. The van der Waals surface area contributed by atoms with Gasteiger partial charge in [-0.05, 0) is 37.0 Å². The van der Waals surface area contributed by atoms with Crippen LogP contribution < -0.4 is 0 Å². The van der Waals surface area contributed by atoms with Crippen molar-refractivity contribution in [2.24, 2.45) is 0 Å². The van der Waals surface area contributed by atoms with Gasteiger partial charge in [0.05, 0.1) is 12.7 Å². The first-order valence-corrected chi connectivity index (χ1v) is 7.16. The van der Waals surface area contributed by atoms with E-state index in [0.29, 0.717) is 12.0 Å². The zero-order chi connectivity index (χ0) is 12.8. The Morgan fingerprint density at radius 2 is 1.94 bits per heavy atom. The van der Waals surface area contributed by atoms with E-state index in [9.17, 15) is 4.39 Å². The summed E-state index contributed by atoms with van der Waals surface area (Å²) >= 11 is 0. The fourth-order valence-corrected chi connectivity index (χ4v) is 2.65. The van der Waals surface area contributed by atoms with Gasteiger partial charge >= 0.3 is 0 Å². The number of hydrogen-bond donors (Lipinski definition) is 0. The van der Waals surface area contributed by atoms with E-state index in [1.807, 2.05) is 12.1 Å². The second kappa shape index (κ2) is 6.89. The van der Waals surface area contributed by atoms with Crippen LogP contribution in [-0.4, -0.2) is 12.7 Å². The number of hydrogen-bond acceptors (Lipinski definition) is 1. The van der Waals surface area contributed by atoms with Crippen molar-refractivity contribution >= 4 is 0 Å². The van der Waals surface area contributed by atoms with Gasteiger partial charge in [-0.3, -0.25) is 0 Å². The standard InChI is InChI=1S/C16H23FO/c1-2-3-4-5-16-11-8-14(12-18-16)13-6-9-15(17)10-7-13/h6-7,9-10,14,16H,2-5,8,11-12H2,1H3. The van der Waals surface area contributed by atoms with E-state index in [4.69, 9.17) is 4.74 Å². The second-order valence-electron chi connectivity index (χ2n) is 5.28. The van der Waals surface area contributed by atoms with E-state index < -0.39 is 0 Å². The number of unbranched alkanes of at least 4 members (excludes halogenated alkanes) is 2. The van der Waals surface area contributed by atoms with Crippen molar-refractivity contribution in [3.63, 3.8) is 0 Å². The molecule has 1 nitrogen and oxygen atoms in total. The maximum absolute atomic E-state index is 12.9. The smallest absolute Gasteiger partial charge is 0.123 e. The van der Waals surface area contributed by atoms with Crippen molar-refractivity contribution in [1.82, 2.24) is 0 Å². The molecule has 0 radical (unpaired) electrons. The summed E-state index contributed by atoms with van der Waals surface area (Å²) in [5, 5.41) is 0. The van der Waals surface area contributed by atoms with Gasteiger partial charge in [-0.1, -0.05) is 38.3 Å². The predicted molar refractivity (Wildman–Crippen MR) is 72.3 cm³/mol. The summed E-state index contributed by atoms with van der Waals surface area (Å²) in [7, 11) is 0. The lowest BCUT2D eigenvalue weighted by Gasteiger charge is -2.29. The van der Waals surface area contributed by atoms with E-state index in [-0.39, 0.29) is 5.82 Å². The molecular formula is C16H23FO. The summed E-state index contributed by atoms with van der Waals surface area (Å²) in [6.07, 6.45) is 7.82. The fourth-order valence-electron chi connectivity index (χ4n) is 2.65. The van der Waals surface area contributed by atoms with Crippen LogP contribution in [0.1, 0.15) is 56.9 Å². The zero-order valence-corrected chi connectivity index (χ0v) is 11.2. The summed E-state index contributed by atoms with van der Waals surface area (Å²) in [6, 6.07) is 6.87. The molecule has 0 N–H and O–H groups in total. The van der Waals surface area contributed by atoms with E-state index in [1.54, 1.807) is 12.1 Å². The Morgan fingerprint density at radius 3 is 2.56 bits per heavy atom. The second-order valence-corrected chi connectivity index (χ2v) is 5.28. The lowest BCUT2D eigenvalue weighted by atomic mass is 9.90. The van der Waals surface area contributed by atoms with Crippen molar-refractivity contribution in [2.75, 3.05) is 6.61 Å². The van der Waals surface area contributed by atoms with Crippen LogP contribution in [-0.2, 0) is 4.74 Å². The van der Waals surface area contributed by atoms with Gasteiger partial charge in [0.1, 0.15) is 5.82 Å². The van der Waals surface area contributed by atoms with Crippen molar-refractivity contribution in [3.05, 3.63) is 35.6 Å². The van der Waals surface area contributed by atoms with Gasteiger partial charge in [-0.2, -0.15) is 0 Å². The predicted octanol–water partition coefficient (Wildman–Crippen LogP) is 4.67. The first kappa shape index (κ1) is 13.5. The monoisotopic (exact) mass is 250 g/mol. The van der Waals surface area contributed by atoms with Gasteiger partial charge in [0.15, 0.2) is 0 Å². The Balaban J connectivity index is 1.77. The molecule has 1 heterocycles. The van der Waals surface area contributed by atoms with Crippen LogP contribution in [0.15, 0.2) is 24.3 Å². The highest BCUT2D eigenvalue weighted by Crippen LogP contribution is 2.30. The molecule has 1 fully saturated rings. The van der Waals surface area contributed by atoms with E-state index in [1.165, 1.54) is 37.7 Å². The lowest BCUT2D eigenvalue weighted by molar-refractivity contribution is -0.00208. The molecule has 0 saturated carbocycles. The highest BCUT2D eigenvalue weighted by atomic mass is 19.1. The first-order valence-electron chi connectivity index (χ1n) is 7.16. The van der Waals surface area contributed by atoms with Gasteiger partial charge in [-0.15, -0.1) is 0 Å². The van der Waals surface area contributed by atoms with E-state index in [2.05, 4.69) is 6.92 Å². The Morgan fingerprint density at radius 1 is 1.17 bits per heavy atom. The molecule has 0 spiro atoms. The molecular weight excluding hydrogens is 227 g/mol. The van der Waals surface area contributed by atoms with Gasteiger partial charge in [0.25, 0.3) is 0 Å². The van der Waals surface area contributed by atoms with Crippen LogP contribution in [0, 0.1) is 5.82 Å². The van der Waals surface area contributed by atoms with Crippen LogP contribution in [0.25, 0.3) is 0 Å². The van der Waals surface area contributed by atoms with Gasteiger partial charge in [0, 0.05) is 5.92 Å². The maximum Gasteiger partial charge on any atom is 0.123 e. The normalized spacial score (nSPS) is 24.1. The Kier molecular flexibility index (Phi) is 5.18. The topological polar surface area (TPSA) is 9.23 Å². The molecule has 1 aromatic rings. The SMILES string of the molecule is CCCCCC1CCC(c2ccc(F)cc2)CO1. The molecule has 1 aliphatic heterocycles. The summed E-state index contributed by atoms with van der Waals surface area (Å²) in [5.41, 5.74) is 1.21. The largest absolute Gasteiger partial charge is 0.378 e. The summed E-state index contributed by atoms with van der Waals surface area (Å²) in [4.78, 5) is 0. The van der Waals surface area contributed by atoms with Gasteiger partial charge in [-0.25, -0.2) is 4.39 Å². The quantitative estimate of drug-likeness (QED) is 0.690. The van der Waals surface area contributed by atoms with Crippen molar-refractivity contribution in [1.29, 1.82) is 0 Å². The molecule has 2 heteroatoms. The molecule has 1 aromatic carbocycles. The molecule has 2 rings (SSSR count). The summed E-state index contributed by atoms with van der Waals surface area (Å²) in [5.74, 6) is 0.293. The van der Waals surface area contributed by atoms with Gasteiger partial charge < -0.3 is 4.74 Å². The van der Waals surface area contributed by atoms with Crippen molar-refractivity contribution in [3.8, 4) is 0 Å². The molecule has 18 heavy (non-hydrogen) atoms. The fraction of sp³-hybridized carbons (Fsp3) is 0.625. The van der Waals surface area contributed by atoms with E-state index in [0.717, 1.165) is 13.0 Å². The molecule has 1 aliphatic rings. The molecule has 0 aromatic heterocycles. The minimum absolute atomic E-state index is 0.159. The van der Waals surface area contributed by atoms with Crippen LogP contribution in [0.3, 0.4) is 0 Å². The zero-order valence-electron chi connectivity index (χ0n) is 11.2. The minimum atomic E-state index is -0.159. The molecule has 0 aliphatic carbocycles. The molecule has 1 saturated heterocycles. The highest BCUT2D eigenvalue weighted by molar-refractivity contribution is 5.20. The van der Waals surface area contributed by atoms with E-state index >= 15 is 0 Å². The molecule has 0 amide bonds. The number of ether oxygens (including phenoxy) is 1. The average Bonchev–Trinajstić information content (AvgIpc) is 2.41. The molecule has 100 valence electrons. The molecule has 2 atom stereocenters. The van der Waals surface area contributed by atoms with Crippen molar-refractivity contribution in [2.45, 2.75) is 57.5 Å². The number of benzene rings is 1. The Bertz CT molecular complexity index is 339. The number of rotatable bonds is 5. The Hall–Kier alpha value is -0.890. The molecule has 2 unspecified atom stereocenters. The van der Waals surface area contributed by atoms with Crippen LogP contribution >= 0.6 is 0 Å². The third-order valence-electron chi connectivity index (χ3n) is 3.84. The third-order valence-corrected chi connectivity index (χ3v) is 3.84. The highest BCUT2D eigenvalue weighted by Gasteiger charge is 2.22. The van der Waals surface area contributed by atoms with Crippen LogP contribution in [0.5, 0.6) is 0 Å². The van der Waals surface area contributed by atoms with Crippen LogP contribution in [0.2, 0.25) is 0 Å². The number of halogens is 1. The maximum atomic E-state index is 12.9. The lowest BCUT2D eigenvalue weighted by Crippen LogP contribution is -2.24. The summed E-state index contributed by atoms with van der Waals surface area (Å²) in [6.45, 7) is 3.02. The summed E-state index contributed by atoms with van der Waals surface area (Å²) < 4.78 is 18.8. The first-order chi connectivity index (χ1) is 8.79. The third kappa shape index (κ3) is 3.81. The molecule has 0 bridgehead atoms. The van der Waals surface area contributed by atoms with Gasteiger partial charge in [0.2, 0.25) is 0 Å².